The van der Waals surface area contributed by atoms with Crippen molar-refractivity contribution in [2.45, 2.75) is 51.6 Å². The Hall–Kier alpha value is -0.930. The molecule has 112 valence electrons. The van der Waals surface area contributed by atoms with Crippen LogP contribution in [-0.4, -0.2) is 36.6 Å². The lowest BCUT2D eigenvalue weighted by Gasteiger charge is -2.33. The third-order valence-electron chi connectivity index (χ3n) is 4.21. The molecule has 0 bridgehead atoms. The zero-order valence-electron chi connectivity index (χ0n) is 12.7. The van der Waals surface area contributed by atoms with E-state index in [-0.39, 0.29) is 5.82 Å². The van der Waals surface area contributed by atoms with Crippen LogP contribution in [0.5, 0.6) is 0 Å². The van der Waals surface area contributed by atoms with Crippen molar-refractivity contribution >= 4 is 0 Å². The van der Waals surface area contributed by atoms with Gasteiger partial charge in [-0.25, -0.2) is 4.39 Å². The Morgan fingerprint density at radius 3 is 2.65 bits per heavy atom. The summed E-state index contributed by atoms with van der Waals surface area (Å²) in [4.78, 5) is 2.57. The predicted molar refractivity (Wildman–Crippen MR) is 82.5 cm³/mol. The van der Waals surface area contributed by atoms with Gasteiger partial charge in [-0.05, 0) is 63.9 Å². The third kappa shape index (κ3) is 4.88. The second-order valence-corrected chi connectivity index (χ2v) is 6.09. The van der Waals surface area contributed by atoms with E-state index in [0.717, 1.165) is 18.5 Å². The molecule has 0 aliphatic carbocycles. The zero-order chi connectivity index (χ0) is 14.4. The summed E-state index contributed by atoms with van der Waals surface area (Å²) in [7, 11) is 0. The van der Waals surface area contributed by atoms with Crippen molar-refractivity contribution < 1.29 is 4.39 Å². The number of benzene rings is 1. The Labute approximate surface area is 122 Å². The average molecular weight is 278 g/mol. The lowest BCUT2D eigenvalue weighted by atomic mass is 10.1. The Balaban J connectivity index is 1.72. The number of piperidine rings is 1. The molecule has 1 fully saturated rings. The van der Waals surface area contributed by atoms with Crippen molar-refractivity contribution in [1.29, 1.82) is 0 Å². The largest absolute Gasteiger partial charge is 0.312 e. The fourth-order valence-corrected chi connectivity index (χ4v) is 2.95. The molecule has 0 radical (unpaired) electrons. The smallest absolute Gasteiger partial charge is 0.123 e. The van der Waals surface area contributed by atoms with E-state index < -0.39 is 0 Å². The van der Waals surface area contributed by atoms with Crippen molar-refractivity contribution in [3.63, 3.8) is 0 Å². The number of hydrogen-bond donors (Lipinski definition) is 1. The molecule has 2 unspecified atom stereocenters. The van der Waals surface area contributed by atoms with Gasteiger partial charge >= 0.3 is 0 Å². The molecule has 1 N–H and O–H groups in total. The highest BCUT2D eigenvalue weighted by Gasteiger charge is 2.16. The molecule has 3 heteroatoms. The van der Waals surface area contributed by atoms with E-state index in [2.05, 4.69) is 24.1 Å². The third-order valence-corrected chi connectivity index (χ3v) is 4.21. The predicted octanol–water partition coefficient (Wildman–Crippen LogP) is 3.22. The van der Waals surface area contributed by atoms with Crippen LogP contribution in [0.2, 0.25) is 0 Å². The fourth-order valence-electron chi connectivity index (χ4n) is 2.95. The van der Waals surface area contributed by atoms with E-state index in [0.29, 0.717) is 12.1 Å². The minimum absolute atomic E-state index is 0.142. The molecule has 1 heterocycles. The molecule has 1 aliphatic heterocycles. The van der Waals surface area contributed by atoms with Gasteiger partial charge in [-0.15, -0.1) is 0 Å². The van der Waals surface area contributed by atoms with Crippen molar-refractivity contribution in [1.82, 2.24) is 10.2 Å². The van der Waals surface area contributed by atoms with Gasteiger partial charge in [-0.1, -0.05) is 18.6 Å². The molecule has 0 amide bonds. The van der Waals surface area contributed by atoms with Crippen molar-refractivity contribution in [3.8, 4) is 0 Å². The van der Waals surface area contributed by atoms with E-state index in [9.17, 15) is 4.39 Å². The normalized spacial score (nSPS) is 19.8. The fraction of sp³-hybridized carbons (Fsp3) is 0.647. The molecular formula is C17H27FN2. The summed E-state index contributed by atoms with van der Waals surface area (Å²) in [5.74, 6) is -0.142. The lowest BCUT2D eigenvalue weighted by Crippen LogP contribution is -2.45. The molecule has 1 aliphatic rings. The molecule has 1 aromatic rings. The summed E-state index contributed by atoms with van der Waals surface area (Å²) in [6, 6.07) is 7.88. The molecule has 0 spiro atoms. The molecule has 20 heavy (non-hydrogen) atoms. The zero-order valence-corrected chi connectivity index (χ0v) is 12.7. The van der Waals surface area contributed by atoms with Gasteiger partial charge in [0, 0.05) is 18.6 Å². The second kappa shape index (κ2) is 7.75. The Morgan fingerprint density at radius 2 is 1.95 bits per heavy atom. The molecule has 0 aromatic heterocycles. The first-order chi connectivity index (χ1) is 9.65. The first-order valence-corrected chi connectivity index (χ1v) is 7.87. The molecule has 2 atom stereocenters. The summed E-state index contributed by atoms with van der Waals surface area (Å²) < 4.78 is 13.1. The molecule has 2 rings (SSSR count). The Kier molecular flexibility index (Phi) is 5.99. The number of likely N-dealkylation sites (tertiary alicyclic amines) is 1. The summed E-state index contributed by atoms with van der Waals surface area (Å²) >= 11 is 0. The van der Waals surface area contributed by atoms with Crippen LogP contribution >= 0.6 is 0 Å². The summed E-state index contributed by atoms with van der Waals surface area (Å²) in [6.45, 7) is 7.96. The molecular weight excluding hydrogens is 251 g/mol. The van der Waals surface area contributed by atoms with E-state index in [1.807, 2.05) is 6.07 Å². The SMILES string of the molecule is CC(Cc1cccc(F)c1)NCC(C)N1CCCCC1. The van der Waals surface area contributed by atoms with E-state index in [4.69, 9.17) is 0 Å². The van der Waals surface area contributed by atoms with Crippen LogP contribution in [0.1, 0.15) is 38.7 Å². The van der Waals surface area contributed by atoms with Gasteiger partial charge in [0.05, 0.1) is 0 Å². The van der Waals surface area contributed by atoms with Crippen LogP contribution in [0, 0.1) is 5.82 Å². The monoisotopic (exact) mass is 278 g/mol. The molecule has 2 nitrogen and oxygen atoms in total. The number of nitrogens with one attached hydrogen (secondary N) is 1. The number of rotatable bonds is 6. The van der Waals surface area contributed by atoms with Crippen LogP contribution in [0.3, 0.4) is 0 Å². The lowest BCUT2D eigenvalue weighted by molar-refractivity contribution is 0.168. The average Bonchev–Trinajstić information content (AvgIpc) is 2.46. The van der Waals surface area contributed by atoms with Crippen LogP contribution in [0.15, 0.2) is 24.3 Å². The van der Waals surface area contributed by atoms with Crippen molar-refractivity contribution in [3.05, 3.63) is 35.6 Å². The molecule has 1 saturated heterocycles. The van der Waals surface area contributed by atoms with Gasteiger partial charge in [0.15, 0.2) is 0 Å². The number of nitrogens with zero attached hydrogens (tertiary/aromatic N) is 1. The minimum atomic E-state index is -0.142. The first-order valence-electron chi connectivity index (χ1n) is 7.87. The van der Waals surface area contributed by atoms with Crippen molar-refractivity contribution in [2.75, 3.05) is 19.6 Å². The summed E-state index contributed by atoms with van der Waals surface area (Å²) in [6.07, 6.45) is 4.93. The highest BCUT2D eigenvalue weighted by atomic mass is 19.1. The van der Waals surface area contributed by atoms with Gasteiger partial charge in [0.2, 0.25) is 0 Å². The van der Waals surface area contributed by atoms with Gasteiger partial charge in [-0.3, -0.25) is 4.90 Å². The quantitative estimate of drug-likeness (QED) is 0.859. The maximum absolute atomic E-state index is 13.1. The second-order valence-electron chi connectivity index (χ2n) is 6.09. The van der Waals surface area contributed by atoms with E-state index in [1.54, 1.807) is 12.1 Å². The molecule has 0 saturated carbocycles. The maximum atomic E-state index is 13.1. The number of halogens is 1. The van der Waals surface area contributed by atoms with Crippen molar-refractivity contribution in [2.24, 2.45) is 0 Å². The molecule has 1 aromatic carbocycles. The van der Waals surface area contributed by atoms with Gasteiger partial charge in [0.1, 0.15) is 5.82 Å². The van der Waals surface area contributed by atoms with Gasteiger partial charge in [-0.2, -0.15) is 0 Å². The minimum Gasteiger partial charge on any atom is -0.312 e. The topological polar surface area (TPSA) is 15.3 Å². The van der Waals surface area contributed by atoms with Crippen LogP contribution in [0.25, 0.3) is 0 Å². The first kappa shape index (κ1) is 15.5. The Bertz CT molecular complexity index is 402. The van der Waals surface area contributed by atoms with E-state index >= 15 is 0 Å². The highest BCUT2D eigenvalue weighted by molar-refractivity contribution is 5.17. The highest BCUT2D eigenvalue weighted by Crippen LogP contribution is 2.12. The van der Waals surface area contributed by atoms with E-state index in [1.165, 1.54) is 38.4 Å². The summed E-state index contributed by atoms with van der Waals surface area (Å²) in [5, 5.41) is 3.58. The van der Waals surface area contributed by atoms with Crippen LogP contribution < -0.4 is 5.32 Å². The van der Waals surface area contributed by atoms with Crippen LogP contribution in [-0.2, 0) is 6.42 Å². The maximum Gasteiger partial charge on any atom is 0.123 e. The van der Waals surface area contributed by atoms with Gasteiger partial charge < -0.3 is 5.32 Å². The number of hydrogen-bond acceptors (Lipinski definition) is 2. The standard InChI is InChI=1S/C17H27FN2/c1-14(11-16-7-6-8-17(18)12-16)19-13-15(2)20-9-4-3-5-10-20/h6-8,12,14-15,19H,3-5,9-11,13H2,1-2H3. The summed E-state index contributed by atoms with van der Waals surface area (Å²) in [5.41, 5.74) is 1.07. The Morgan fingerprint density at radius 1 is 1.20 bits per heavy atom. The van der Waals surface area contributed by atoms with Crippen LogP contribution in [0.4, 0.5) is 4.39 Å². The van der Waals surface area contributed by atoms with Gasteiger partial charge in [0.25, 0.3) is 0 Å².